The number of aryl methyl sites for hydroxylation is 1. The van der Waals surface area contributed by atoms with E-state index in [1.165, 1.54) is 28.0 Å². The van der Waals surface area contributed by atoms with E-state index in [0.717, 1.165) is 15.6 Å². The van der Waals surface area contributed by atoms with Crippen LogP contribution in [0.25, 0.3) is 16.2 Å². The Bertz CT molecular complexity index is 1290. The zero-order chi connectivity index (χ0) is 20.9. The number of hydrogen-bond donors (Lipinski definition) is 0. The highest BCUT2D eigenvalue weighted by atomic mass is 35.5. The summed E-state index contributed by atoms with van der Waals surface area (Å²) in [7, 11) is 0. The van der Waals surface area contributed by atoms with E-state index in [1.54, 1.807) is 12.3 Å². The quantitative estimate of drug-likeness (QED) is 0.445. The first kappa shape index (κ1) is 19.9. The summed E-state index contributed by atoms with van der Waals surface area (Å²) >= 11 is 13.1. The molecule has 4 rings (SSSR count). The van der Waals surface area contributed by atoms with E-state index in [9.17, 15) is 18.0 Å². The Morgan fingerprint density at radius 3 is 2.59 bits per heavy atom. The highest BCUT2D eigenvalue weighted by Gasteiger charge is 2.34. The maximum atomic E-state index is 12.8. The molecule has 0 N–H and O–H groups in total. The molecule has 4 heterocycles. The number of nitrogens with zero attached hydrogens (tertiary/aromatic N) is 5. The minimum absolute atomic E-state index is 0.175. The van der Waals surface area contributed by atoms with Crippen molar-refractivity contribution >= 4 is 39.5 Å². The molecule has 0 radical (unpaired) electrons. The summed E-state index contributed by atoms with van der Waals surface area (Å²) < 4.78 is 40.8. The summed E-state index contributed by atoms with van der Waals surface area (Å²) in [6, 6.07) is 3.66. The van der Waals surface area contributed by atoms with Crippen LogP contribution in [0.1, 0.15) is 16.3 Å². The van der Waals surface area contributed by atoms with Gasteiger partial charge in [0.25, 0.3) is 5.56 Å². The molecule has 6 nitrogen and oxygen atoms in total. The summed E-state index contributed by atoms with van der Waals surface area (Å²) in [4.78, 5) is 22.4. The van der Waals surface area contributed by atoms with E-state index in [-0.39, 0.29) is 23.0 Å². The zero-order valence-corrected chi connectivity index (χ0v) is 16.9. The van der Waals surface area contributed by atoms with E-state index in [1.807, 2.05) is 6.92 Å². The van der Waals surface area contributed by atoms with Crippen LogP contribution in [0, 0.1) is 6.92 Å². The highest BCUT2D eigenvalue weighted by molar-refractivity contribution is 7.17. The van der Waals surface area contributed by atoms with Gasteiger partial charge in [-0.3, -0.25) is 14.2 Å². The maximum Gasteiger partial charge on any atom is 0.435 e. The van der Waals surface area contributed by atoms with Gasteiger partial charge in [-0.25, -0.2) is 9.67 Å². The van der Waals surface area contributed by atoms with Crippen molar-refractivity contribution in [2.75, 3.05) is 0 Å². The van der Waals surface area contributed by atoms with Crippen molar-refractivity contribution < 1.29 is 13.2 Å². The average Bonchev–Trinajstić information content (AvgIpc) is 3.15. The molecular formula is C17H10Cl2F3N5OS. The van der Waals surface area contributed by atoms with Crippen LogP contribution in [-0.2, 0) is 12.7 Å². The average molecular weight is 460 g/mol. The lowest BCUT2D eigenvalue weighted by Gasteiger charge is -2.06. The summed E-state index contributed by atoms with van der Waals surface area (Å²) in [5, 5.41) is 3.68. The third-order valence-corrected chi connectivity index (χ3v) is 5.52. The summed E-state index contributed by atoms with van der Waals surface area (Å²) in [6.07, 6.45) is -1.55. The second-order valence-electron chi connectivity index (χ2n) is 6.11. The van der Waals surface area contributed by atoms with Gasteiger partial charge in [0.2, 0.25) is 0 Å². The van der Waals surface area contributed by atoms with Gasteiger partial charge in [0.05, 0.1) is 23.0 Å². The predicted molar refractivity (Wildman–Crippen MR) is 104 cm³/mol. The zero-order valence-electron chi connectivity index (χ0n) is 14.5. The molecule has 150 valence electrons. The summed E-state index contributed by atoms with van der Waals surface area (Å²) in [5.41, 5.74) is 0.0146. The molecule has 0 bridgehead atoms. The molecule has 0 amide bonds. The van der Waals surface area contributed by atoms with Gasteiger partial charge in [0.1, 0.15) is 5.15 Å². The van der Waals surface area contributed by atoms with Crippen LogP contribution in [0.4, 0.5) is 13.2 Å². The third-order valence-electron chi connectivity index (χ3n) is 4.05. The van der Waals surface area contributed by atoms with Gasteiger partial charge in [-0.2, -0.15) is 18.3 Å². The topological polar surface area (TPSA) is 65.1 Å². The largest absolute Gasteiger partial charge is 0.435 e. The minimum atomic E-state index is -4.61. The lowest BCUT2D eigenvalue weighted by molar-refractivity contribution is -0.141. The number of aromatic nitrogens is 5. The molecule has 0 saturated heterocycles. The number of halogens is 5. The van der Waals surface area contributed by atoms with Crippen LogP contribution in [0.5, 0.6) is 0 Å². The van der Waals surface area contributed by atoms with Crippen LogP contribution < -0.4 is 5.56 Å². The predicted octanol–water partition coefficient (Wildman–Crippen LogP) is 4.70. The van der Waals surface area contributed by atoms with Crippen molar-refractivity contribution in [3.05, 3.63) is 67.4 Å². The van der Waals surface area contributed by atoms with Crippen molar-refractivity contribution in [1.29, 1.82) is 0 Å². The number of thiazole rings is 1. The Kier molecular flexibility index (Phi) is 4.88. The fourth-order valence-electron chi connectivity index (χ4n) is 2.88. The Hall–Kier alpha value is -2.43. The van der Waals surface area contributed by atoms with Gasteiger partial charge in [0.15, 0.2) is 10.7 Å². The molecule has 29 heavy (non-hydrogen) atoms. The number of fused-ring (bicyclic) bond motifs is 1. The number of alkyl halides is 3. The van der Waals surface area contributed by atoms with E-state index in [2.05, 4.69) is 15.1 Å². The second-order valence-corrected chi connectivity index (χ2v) is 8.12. The van der Waals surface area contributed by atoms with E-state index in [4.69, 9.17) is 23.2 Å². The fourth-order valence-corrected chi connectivity index (χ4v) is 4.26. The summed E-state index contributed by atoms with van der Waals surface area (Å²) in [6.45, 7) is 1.65. The highest BCUT2D eigenvalue weighted by Crippen LogP contribution is 2.31. The normalized spacial score (nSPS) is 12.1. The number of hydrogen-bond acceptors (Lipinski definition) is 5. The van der Waals surface area contributed by atoms with E-state index < -0.39 is 11.9 Å². The van der Waals surface area contributed by atoms with E-state index in [0.29, 0.717) is 21.2 Å². The molecule has 12 heteroatoms. The minimum Gasteiger partial charge on any atom is -0.269 e. The molecule has 4 aromatic rings. The van der Waals surface area contributed by atoms with E-state index >= 15 is 0 Å². The standard InChI is InChI=1S/C17H10Cl2F3N5OS/c1-8-15(9-2-10(18)6-23-5-9)27-14(28)3-11(24-16(27)29-8)7-26-13(19)4-12(25-26)17(20,21)22/h2-6H,7H2,1H3. The molecule has 0 aromatic carbocycles. The lowest BCUT2D eigenvalue weighted by atomic mass is 10.2. The van der Waals surface area contributed by atoms with Crippen molar-refractivity contribution in [1.82, 2.24) is 24.1 Å². The molecule has 0 fully saturated rings. The Labute approximate surface area is 175 Å². The Balaban J connectivity index is 1.78. The smallest absolute Gasteiger partial charge is 0.269 e. The Morgan fingerprint density at radius 2 is 1.93 bits per heavy atom. The molecule has 0 atom stereocenters. The molecule has 0 saturated carbocycles. The summed E-state index contributed by atoms with van der Waals surface area (Å²) in [5.74, 6) is 0. The lowest BCUT2D eigenvalue weighted by Crippen LogP contribution is -2.17. The maximum absolute atomic E-state index is 12.8. The van der Waals surface area contributed by atoms with Crippen molar-refractivity contribution in [3.8, 4) is 11.3 Å². The van der Waals surface area contributed by atoms with Gasteiger partial charge in [-0.05, 0) is 13.0 Å². The molecule has 0 aliphatic carbocycles. The van der Waals surface area contributed by atoms with Crippen molar-refractivity contribution in [2.24, 2.45) is 0 Å². The van der Waals surface area contributed by atoms with Crippen molar-refractivity contribution in [3.63, 3.8) is 0 Å². The molecule has 0 unspecified atom stereocenters. The van der Waals surface area contributed by atoms with Crippen LogP contribution >= 0.6 is 34.5 Å². The van der Waals surface area contributed by atoms with Crippen LogP contribution in [-0.4, -0.2) is 24.1 Å². The first-order valence-corrected chi connectivity index (χ1v) is 9.64. The first-order valence-electron chi connectivity index (χ1n) is 8.07. The monoisotopic (exact) mass is 459 g/mol. The van der Waals surface area contributed by atoms with Crippen molar-refractivity contribution in [2.45, 2.75) is 19.6 Å². The molecule has 0 aliphatic heterocycles. The number of rotatable bonds is 3. The first-order chi connectivity index (χ1) is 13.6. The third kappa shape index (κ3) is 3.75. The fraction of sp³-hybridized carbons (Fsp3) is 0.176. The van der Waals surface area contributed by atoms with Crippen LogP contribution in [0.3, 0.4) is 0 Å². The van der Waals surface area contributed by atoms with Gasteiger partial charge < -0.3 is 0 Å². The molecule has 4 aromatic heterocycles. The second kappa shape index (κ2) is 7.12. The Morgan fingerprint density at radius 1 is 1.17 bits per heavy atom. The number of pyridine rings is 1. The molecular weight excluding hydrogens is 450 g/mol. The van der Waals surface area contributed by atoms with Gasteiger partial charge >= 0.3 is 6.18 Å². The van der Waals surface area contributed by atoms with Gasteiger partial charge in [-0.15, -0.1) is 11.3 Å². The SMILES string of the molecule is Cc1sc2nc(Cn3nc(C(F)(F)F)cc3Cl)cc(=O)n2c1-c1cncc(Cl)c1. The molecule has 0 aliphatic rings. The van der Waals surface area contributed by atoms with Gasteiger partial charge in [-0.1, -0.05) is 23.2 Å². The van der Waals surface area contributed by atoms with Crippen LogP contribution in [0.15, 0.2) is 35.4 Å². The van der Waals surface area contributed by atoms with Crippen LogP contribution in [0.2, 0.25) is 10.2 Å². The molecule has 0 spiro atoms. The van der Waals surface area contributed by atoms with Gasteiger partial charge in [0, 0.05) is 35.0 Å².